The van der Waals surface area contributed by atoms with Gasteiger partial charge in [-0.05, 0) is 43.5 Å². The lowest BCUT2D eigenvalue weighted by molar-refractivity contribution is -0.120. The topological polar surface area (TPSA) is 74.6 Å². The summed E-state index contributed by atoms with van der Waals surface area (Å²) in [5, 5.41) is 5.67. The molecule has 0 bridgehead atoms. The van der Waals surface area contributed by atoms with E-state index in [0.29, 0.717) is 0 Å². The summed E-state index contributed by atoms with van der Waals surface area (Å²) < 4.78 is 5.61. The standard InChI is InChI=1S/C24H33N3O3/c1-16-6-7-18(17(2)12-16)14-27-11-10-19(15-27)26-22(28)13-25-23(29)20-8-9-21(30-20)24(3,4)5/h6-9,12,19H,10-11,13-15H2,1-5H3,(H,25,29)(H,26,28)/t19-/m1/s1. The highest BCUT2D eigenvalue weighted by atomic mass is 16.4. The van der Waals surface area contributed by atoms with Gasteiger partial charge in [0.15, 0.2) is 5.76 Å². The Bertz CT molecular complexity index is 911. The van der Waals surface area contributed by atoms with Crippen molar-refractivity contribution in [3.05, 3.63) is 58.5 Å². The third-order valence-corrected chi connectivity index (χ3v) is 5.51. The van der Waals surface area contributed by atoms with Gasteiger partial charge in [0.1, 0.15) is 5.76 Å². The van der Waals surface area contributed by atoms with Crippen LogP contribution in [0.25, 0.3) is 0 Å². The summed E-state index contributed by atoms with van der Waals surface area (Å²) >= 11 is 0. The van der Waals surface area contributed by atoms with Gasteiger partial charge < -0.3 is 15.1 Å². The van der Waals surface area contributed by atoms with E-state index in [-0.39, 0.29) is 35.6 Å². The third-order valence-electron chi connectivity index (χ3n) is 5.51. The number of furan rings is 1. The van der Waals surface area contributed by atoms with Crippen LogP contribution in [0.5, 0.6) is 0 Å². The number of carbonyl (C=O) groups is 2. The number of aryl methyl sites for hydroxylation is 2. The summed E-state index contributed by atoms with van der Waals surface area (Å²) in [6.07, 6.45) is 0.914. The van der Waals surface area contributed by atoms with E-state index < -0.39 is 0 Å². The van der Waals surface area contributed by atoms with E-state index in [1.807, 2.05) is 20.8 Å². The average Bonchev–Trinajstić information content (AvgIpc) is 3.31. The van der Waals surface area contributed by atoms with Gasteiger partial charge in [0.05, 0.1) is 6.54 Å². The van der Waals surface area contributed by atoms with E-state index in [1.165, 1.54) is 16.7 Å². The Kier molecular flexibility index (Phi) is 6.66. The Labute approximate surface area is 179 Å². The van der Waals surface area contributed by atoms with E-state index in [1.54, 1.807) is 12.1 Å². The van der Waals surface area contributed by atoms with Crippen molar-refractivity contribution in [1.29, 1.82) is 0 Å². The van der Waals surface area contributed by atoms with Crippen molar-refractivity contribution >= 4 is 11.8 Å². The Morgan fingerprint density at radius 3 is 2.60 bits per heavy atom. The maximum atomic E-state index is 12.3. The normalized spacial score (nSPS) is 17.2. The number of benzene rings is 1. The molecule has 1 aliphatic heterocycles. The highest BCUT2D eigenvalue weighted by Crippen LogP contribution is 2.24. The van der Waals surface area contributed by atoms with Gasteiger partial charge in [-0.25, -0.2) is 0 Å². The van der Waals surface area contributed by atoms with Crippen LogP contribution in [-0.4, -0.2) is 42.4 Å². The summed E-state index contributed by atoms with van der Waals surface area (Å²) in [5.74, 6) is 0.424. The van der Waals surface area contributed by atoms with Crippen LogP contribution in [0, 0.1) is 13.8 Å². The highest BCUT2D eigenvalue weighted by Gasteiger charge is 2.25. The fraction of sp³-hybridized carbons (Fsp3) is 0.500. The number of amides is 2. The lowest BCUT2D eigenvalue weighted by Gasteiger charge is -2.18. The van der Waals surface area contributed by atoms with Gasteiger partial charge in [-0.15, -0.1) is 0 Å². The molecule has 1 atom stereocenters. The number of rotatable bonds is 6. The first-order valence-corrected chi connectivity index (χ1v) is 10.6. The minimum absolute atomic E-state index is 0.0576. The zero-order valence-corrected chi connectivity index (χ0v) is 18.7. The number of nitrogens with one attached hydrogen (secondary N) is 2. The molecule has 0 unspecified atom stereocenters. The number of likely N-dealkylation sites (tertiary alicyclic amines) is 1. The number of carbonyl (C=O) groups excluding carboxylic acids is 2. The second-order valence-corrected chi connectivity index (χ2v) is 9.31. The maximum absolute atomic E-state index is 12.3. The second kappa shape index (κ2) is 9.04. The van der Waals surface area contributed by atoms with Crippen LogP contribution < -0.4 is 10.6 Å². The fourth-order valence-electron chi connectivity index (χ4n) is 3.75. The molecule has 2 N–H and O–H groups in total. The van der Waals surface area contributed by atoms with Crippen LogP contribution in [-0.2, 0) is 16.8 Å². The van der Waals surface area contributed by atoms with E-state index >= 15 is 0 Å². The molecule has 6 heteroatoms. The van der Waals surface area contributed by atoms with Gasteiger partial charge in [-0.1, -0.05) is 44.5 Å². The van der Waals surface area contributed by atoms with Crippen molar-refractivity contribution in [1.82, 2.24) is 15.5 Å². The van der Waals surface area contributed by atoms with Crippen LogP contribution >= 0.6 is 0 Å². The molecule has 1 fully saturated rings. The molecule has 1 saturated heterocycles. The minimum atomic E-state index is -0.372. The van der Waals surface area contributed by atoms with Crippen molar-refractivity contribution in [2.45, 2.75) is 59.0 Å². The van der Waals surface area contributed by atoms with Crippen LogP contribution in [0.4, 0.5) is 0 Å². The monoisotopic (exact) mass is 411 g/mol. The van der Waals surface area contributed by atoms with Gasteiger partial charge in [0.2, 0.25) is 5.91 Å². The first-order chi connectivity index (χ1) is 14.1. The summed E-state index contributed by atoms with van der Waals surface area (Å²) in [5.41, 5.74) is 3.74. The minimum Gasteiger partial charge on any atom is -0.455 e. The molecule has 2 aromatic rings. The lowest BCUT2D eigenvalue weighted by Crippen LogP contribution is -2.43. The quantitative estimate of drug-likeness (QED) is 0.765. The average molecular weight is 412 g/mol. The van der Waals surface area contributed by atoms with Crippen LogP contribution in [0.3, 0.4) is 0 Å². The number of hydrogen-bond donors (Lipinski definition) is 2. The van der Waals surface area contributed by atoms with E-state index in [4.69, 9.17) is 4.42 Å². The molecule has 1 aromatic heterocycles. The largest absolute Gasteiger partial charge is 0.455 e. The molecule has 162 valence electrons. The van der Waals surface area contributed by atoms with Gasteiger partial charge in [-0.3, -0.25) is 14.5 Å². The zero-order valence-electron chi connectivity index (χ0n) is 18.7. The molecule has 30 heavy (non-hydrogen) atoms. The Morgan fingerprint density at radius 2 is 1.93 bits per heavy atom. The molecule has 0 radical (unpaired) electrons. The molecule has 1 aromatic carbocycles. The Balaban J connectivity index is 1.43. The van der Waals surface area contributed by atoms with Crippen LogP contribution in [0.1, 0.15) is 60.2 Å². The summed E-state index contributed by atoms with van der Waals surface area (Å²) in [6, 6.07) is 10.1. The van der Waals surface area contributed by atoms with Crippen molar-refractivity contribution in [2.75, 3.05) is 19.6 Å². The van der Waals surface area contributed by atoms with Gasteiger partial charge in [0, 0.05) is 31.1 Å². The molecule has 1 aliphatic rings. The Hall–Kier alpha value is -2.60. The number of nitrogens with zero attached hydrogens (tertiary/aromatic N) is 1. The van der Waals surface area contributed by atoms with E-state index in [9.17, 15) is 9.59 Å². The molecule has 0 aliphatic carbocycles. The van der Waals surface area contributed by atoms with Crippen molar-refractivity contribution in [3.63, 3.8) is 0 Å². The summed E-state index contributed by atoms with van der Waals surface area (Å²) in [6.45, 7) is 12.9. The molecule has 2 amide bonds. The van der Waals surface area contributed by atoms with Gasteiger partial charge >= 0.3 is 0 Å². The summed E-state index contributed by atoms with van der Waals surface area (Å²) in [7, 11) is 0. The first kappa shape index (κ1) is 22.1. The third kappa shape index (κ3) is 5.72. The Morgan fingerprint density at radius 1 is 1.17 bits per heavy atom. The van der Waals surface area contributed by atoms with E-state index in [0.717, 1.165) is 31.8 Å². The SMILES string of the molecule is Cc1ccc(CN2CC[C@@H](NC(=O)CNC(=O)c3ccc(C(C)(C)C)o3)C2)c(C)c1. The van der Waals surface area contributed by atoms with Crippen LogP contribution in [0.2, 0.25) is 0 Å². The molecule has 0 spiro atoms. The molecule has 0 saturated carbocycles. The van der Waals surface area contributed by atoms with Gasteiger partial charge in [-0.2, -0.15) is 0 Å². The van der Waals surface area contributed by atoms with Crippen molar-refractivity contribution in [2.24, 2.45) is 0 Å². The zero-order chi connectivity index (χ0) is 21.9. The predicted octanol–water partition coefficient (Wildman–Crippen LogP) is 3.31. The van der Waals surface area contributed by atoms with Crippen LogP contribution in [0.15, 0.2) is 34.7 Å². The smallest absolute Gasteiger partial charge is 0.287 e. The molecular formula is C24H33N3O3. The molecular weight excluding hydrogens is 378 g/mol. The van der Waals surface area contributed by atoms with Crippen molar-refractivity contribution in [3.8, 4) is 0 Å². The predicted molar refractivity (Wildman–Crippen MR) is 117 cm³/mol. The van der Waals surface area contributed by atoms with Gasteiger partial charge in [0.25, 0.3) is 5.91 Å². The van der Waals surface area contributed by atoms with E-state index in [2.05, 4.69) is 47.6 Å². The lowest BCUT2D eigenvalue weighted by atomic mass is 9.94. The molecule has 2 heterocycles. The fourth-order valence-corrected chi connectivity index (χ4v) is 3.75. The molecule has 6 nitrogen and oxygen atoms in total. The molecule has 3 rings (SSSR count). The maximum Gasteiger partial charge on any atom is 0.287 e. The second-order valence-electron chi connectivity index (χ2n) is 9.31. The first-order valence-electron chi connectivity index (χ1n) is 10.6. The van der Waals surface area contributed by atoms with Crippen molar-refractivity contribution < 1.29 is 14.0 Å². The number of hydrogen-bond acceptors (Lipinski definition) is 4. The summed E-state index contributed by atoms with van der Waals surface area (Å²) in [4.78, 5) is 26.9. The highest BCUT2D eigenvalue weighted by molar-refractivity contribution is 5.94.